The first-order valence-corrected chi connectivity index (χ1v) is 10.2. The molecule has 2 N–H and O–H groups in total. The zero-order valence-electron chi connectivity index (χ0n) is 18.6. The lowest BCUT2D eigenvalue weighted by molar-refractivity contribution is -0.384. The van der Waals surface area contributed by atoms with Gasteiger partial charge in [-0.15, -0.1) is 0 Å². The van der Waals surface area contributed by atoms with Gasteiger partial charge in [0, 0.05) is 30.6 Å². The molecule has 0 aliphatic carbocycles. The molecule has 10 nitrogen and oxygen atoms in total. The highest BCUT2D eigenvalue weighted by atomic mass is 16.6. The zero-order chi connectivity index (χ0) is 24.2. The van der Waals surface area contributed by atoms with Gasteiger partial charge in [-0.1, -0.05) is 18.2 Å². The molecule has 10 heteroatoms. The first kappa shape index (κ1) is 25.1. The molecule has 0 radical (unpaired) electrons. The number of pyridine rings is 1. The predicted molar refractivity (Wildman–Crippen MR) is 121 cm³/mol. The van der Waals surface area contributed by atoms with E-state index in [4.69, 9.17) is 9.47 Å². The van der Waals surface area contributed by atoms with Crippen LogP contribution in [0, 0.1) is 10.1 Å². The van der Waals surface area contributed by atoms with Crippen LogP contribution in [0.4, 0.5) is 5.69 Å². The average Bonchev–Trinajstić information content (AvgIpc) is 2.83. The fourth-order valence-corrected chi connectivity index (χ4v) is 2.78. The third-order valence-electron chi connectivity index (χ3n) is 4.56. The zero-order valence-corrected chi connectivity index (χ0v) is 18.6. The number of nitro benzene ring substituents is 1. The first-order valence-electron chi connectivity index (χ1n) is 10.2. The molecule has 0 amide bonds. The third kappa shape index (κ3) is 7.46. The summed E-state index contributed by atoms with van der Waals surface area (Å²) in [6, 6.07) is 11.0. The van der Waals surface area contributed by atoms with E-state index in [9.17, 15) is 19.7 Å². The van der Waals surface area contributed by atoms with Gasteiger partial charge in [0.05, 0.1) is 24.3 Å². The molecule has 0 spiro atoms. The summed E-state index contributed by atoms with van der Waals surface area (Å²) in [6.07, 6.45) is 5.99. The number of hydrogen-bond acceptors (Lipinski definition) is 9. The van der Waals surface area contributed by atoms with Crippen molar-refractivity contribution in [2.24, 2.45) is 0 Å². The number of nitrogens with one attached hydrogen (secondary N) is 2. The van der Waals surface area contributed by atoms with Crippen molar-refractivity contribution in [2.45, 2.75) is 25.8 Å². The predicted octanol–water partition coefficient (Wildman–Crippen LogP) is 3.11. The lowest BCUT2D eigenvalue weighted by Crippen LogP contribution is -2.22. The van der Waals surface area contributed by atoms with Crippen LogP contribution in [0.15, 0.2) is 72.8 Å². The quantitative estimate of drug-likeness (QED) is 0.227. The molecule has 0 bridgehead atoms. The number of methoxy groups -OCH3 is 1. The molecule has 1 aromatic carbocycles. The fourth-order valence-electron chi connectivity index (χ4n) is 2.78. The van der Waals surface area contributed by atoms with Crippen LogP contribution >= 0.6 is 0 Å². The second-order valence-electron chi connectivity index (χ2n) is 6.77. The minimum atomic E-state index is -0.760. The highest BCUT2D eigenvalue weighted by Gasteiger charge is 2.20. The summed E-state index contributed by atoms with van der Waals surface area (Å²) in [5.74, 6) is -1.86. The van der Waals surface area contributed by atoms with Crippen LogP contribution < -0.4 is 10.6 Å². The van der Waals surface area contributed by atoms with Crippen LogP contribution in [0.25, 0.3) is 0 Å². The summed E-state index contributed by atoms with van der Waals surface area (Å²) in [6.45, 7) is 3.77. The van der Waals surface area contributed by atoms with Gasteiger partial charge in [0.25, 0.3) is 5.69 Å². The maximum atomic E-state index is 12.3. The van der Waals surface area contributed by atoms with E-state index in [1.807, 2.05) is 6.92 Å². The SMILES string of the molecule is CCOC(=O)C(/C=C/N/C(=C/NC(C)c1ccc([N+](=O)[O-])cc1)C(=O)OC)c1ccccn1. The number of nitrogens with zero attached hydrogens (tertiary/aromatic N) is 2. The highest BCUT2D eigenvalue weighted by molar-refractivity contribution is 5.87. The van der Waals surface area contributed by atoms with Crippen LogP contribution in [-0.4, -0.2) is 35.6 Å². The van der Waals surface area contributed by atoms with E-state index < -0.39 is 22.8 Å². The van der Waals surface area contributed by atoms with E-state index in [1.54, 1.807) is 43.5 Å². The Balaban J connectivity index is 2.14. The Morgan fingerprint density at radius 2 is 1.94 bits per heavy atom. The Bertz CT molecular complexity index is 1010. The molecular weight excluding hydrogens is 428 g/mol. The average molecular weight is 454 g/mol. The summed E-state index contributed by atoms with van der Waals surface area (Å²) in [4.78, 5) is 39.0. The number of ether oxygens (including phenoxy) is 2. The van der Waals surface area contributed by atoms with Crippen molar-refractivity contribution >= 4 is 17.6 Å². The maximum absolute atomic E-state index is 12.3. The molecule has 2 atom stereocenters. The van der Waals surface area contributed by atoms with E-state index in [1.165, 1.54) is 37.7 Å². The van der Waals surface area contributed by atoms with E-state index in [-0.39, 0.29) is 24.0 Å². The molecule has 0 aliphatic heterocycles. The van der Waals surface area contributed by atoms with Crippen LogP contribution in [0.1, 0.15) is 37.1 Å². The monoisotopic (exact) mass is 454 g/mol. The molecule has 2 rings (SSSR count). The Labute approximate surface area is 191 Å². The second kappa shape index (κ2) is 12.6. The van der Waals surface area contributed by atoms with Gasteiger partial charge in [-0.3, -0.25) is 19.9 Å². The number of non-ortho nitro benzene ring substituents is 1. The molecule has 2 unspecified atom stereocenters. The normalized spacial score (nSPS) is 13.1. The highest BCUT2D eigenvalue weighted by Crippen LogP contribution is 2.18. The van der Waals surface area contributed by atoms with Gasteiger partial charge < -0.3 is 20.1 Å². The van der Waals surface area contributed by atoms with Crippen molar-refractivity contribution < 1.29 is 24.0 Å². The molecule has 33 heavy (non-hydrogen) atoms. The third-order valence-corrected chi connectivity index (χ3v) is 4.56. The Morgan fingerprint density at radius 1 is 1.21 bits per heavy atom. The molecule has 174 valence electrons. The molecule has 0 saturated carbocycles. The Kier molecular flexibility index (Phi) is 9.56. The lowest BCUT2D eigenvalue weighted by atomic mass is 10.1. The number of esters is 2. The smallest absolute Gasteiger partial charge is 0.355 e. The standard InChI is InChI=1S/C23H26N4O6/c1-4-33-22(28)19(20-7-5-6-13-24-20)12-14-25-21(23(29)32-3)15-26-16(2)17-8-10-18(11-9-17)27(30)31/h5-16,19,25-26H,4H2,1-3H3/b14-12+,21-15+. The van der Waals surface area contributed by atoms with Crippen LogP contribution in [0.2, 0.25) is 0 Å². The summed E-state index contributed by atoms with van der Waals surface area (Å²) in [5, 5.41) is 16.7. The molecule has 0 fully saturated rings. The molecule has 0 aliphatic rings. The summed E-state index contributed by atoms with van der Waals surface area (Å²) >= 11 is 0. The van der Waals surface area contributed by atoms with Gasteiger partial charge in [0.15, 0.2) is 0 Å². The van der Waals surface area contributed by atoms with Gasteiger partial charge >= 0.3 is 11.9 Å². The van der Waals surface area contributed by atoms with E-state index in [0.29, 0.717) is 5.69 Å². The van der Waals surface area contributed by atoms with Gasteiger partial charge in [-0.2, -0.15) is 0 Å². The minimum absolute atomic E-state index is 0.00685. The van der Waals surface area contributed by atoms with E-state index >= 15 is 0 Å². The van der Waals surface area contributed by atoms with Crippen molar-refractivity contribution in [3.63, 3.8) is 0 Å². The summed E-state index contributed by atoms with van der Waals surface area (Å²) in [5.41, 5.74) is 1.37. The van der Waals surface area contributed by atoms with E-state index in [0.717, 1.165) is 5.56 Å². The van der Waals surface area contributed by atoms with Gasteiger partial charge in [-0.25, -0.2) is 4.79 Å². The number of carbonyl (C=O) groups excluding carboxylic acids is 2. The summed E-state index contributed by atoms with van der Waals surface area (Å²) < 4.78 is 9.92. The Hall–Kier alpha value is -4.21. The van der Waals surface area contributed by atoms with Crippen molar-refractivity contribution in [1.82, 2.24) is 15.6 Å². The van der Waals surface area contributed by atoms with E-state index in [2.05, 4.69) is 15.6 Å². The molecule has 2 aromatic rings. The fraction of sp³-hybridized carbons (Fsp3) is 0.261. The lowest BCUT2D eigenvalue weighted by Gasteiger charge is -2.14. The van der Waals surface area contributed by atoms with Crippen molar-refractivity contribution in [2.75, 3.05) is 13.7 Å². The second-order valence-corrected chi connectivity index (χ2v) is 6.77. The van der Waals surface area contributed by atoms with Crippen LogP contribution in [0.5, 0.6) is 0 Å². The van der Waals surface area contributed by atoms with Gasteiger partial charge in [-0.05, 0) is 43.8 Å². The van der Waals surface area contributed by atoms with Crippen LogP contribution in [-0.2, 0) is 19.1 Å². The Morgan fingerprint density at radius 3 is 2.52 bits per heavy atom. The van der Waals surface area contributed by atoms with Crippen molar-refractivity contribution in [3.05, 3.63) is 94.2 Å². The molecule has 0 saturated heterocycles. The van der Waals surface area contributed by atoms with Crippen molar-refractivity contribution in [1.29, 1.82) is 0 Å². The number of aromatic nitrogens is 1. The number of hydrogen-bond donors (Lipinski definition) is 2. The topological polar surface area (TPSA) is 133 Å². The molecule has 1 aromatic heterocycles. The number of rotatable bonds is 11. The van der Waals surface area contributed by atoms with Gasteiger partial charge in [0.1, 0.15) is 11.6 Å². The first-order chi connectivity index (χ1) is 15.9. The molecule has 1 heterocycles. The van der Waals surface area contributed by atoms with Gasteiger partial charge in [0.2, 0.25) is 0 Å². The number of carbonyl (C=O) groups is 2. The summed E-state index contributed by atoms with van der Waals surface area (Å²) in [7, 11) is 1.25. The van der Waals surface area contributed by atoms with Crippen molar-refractivity contribution in [3.8, 4) is 0 Å². The van der Waals surface area contributed by atoms with Crippen LogP contribution in [0.3, 0.4) is 0 Å². The number of benzene rings is 1. The largest absolute Gasteiger partial charge is 0.465 e. The minimum Gasteiger partial charge on any atom is -0.465 e. The number of nitro groups is 1. The maximum Gasteiger partial charge on any atom is 0.355 e. The molecular formula is C23H26N4O6.